The van der Waals surface area contributed by atoms with Gasteiger partial charge < -0.3 is 11.1 Å². The Morgan fingerprint density at radius 1 is 1.05 bits per heavy atom. The van der Waals surface area contributed by atoms with Crippen LogP contribution in [0, 0.1) is 12.7 Å². The summed E-state index contributed by atoms with van der Waals surface area (Å²) in [6.45, 7) is 1.69. The first kappa shape index (κ1) is 25.2. The van der Waals surface area contributed by atoms with E-state index < -0.39 is 23.5 Å². The molecule has 0 fully saturated rings. The molecule has 0 saturated carbocycles. The Bertz CT molecular complexity index is 1470. The summed E-state index contributed by atoms with van der Waals surface area (Å²) in [6.07, 6.45) is -2.07. The van der Waals surface area contributed by atoms with Crippen molar-refractivity contribution in [2.75, 3.05) is 10.7 Å². The van der Waals surface area contributed by atoms with Crippen LogP contribution in [0.3, 0.4) is 0 Å². The number of nitrogens with zero attached hydrogens (tertiary/aromatic N) is 4. The van der Waals surface area contributed by atoms with Gasteiger partial charge in [0.2, 0.25) is 11.9 Å². The molecule has 188 valence electrons. The molecule has 0 bridgehead atoms. The first-order valence-corrected chi connectivity index (χ1v) is 10.7. The SMILES string of the molecule is Cc1nc(/C=N/Nc2ncc(F)c(-c3ccc(C(N)=O)cc3)n2)ccc1Nc1cccc(C(F)(F)F)c1. The van der Waals surface area contributed by atoms with Gasteiger partial charge in [-0.05, 0) is 49.4 Å². The number of benzene rings is 2. The number of carbonyl (C=O) groups is 1. The zero-order valence-electron chi connectivity index (χ0n) is 19.2. The van der Waals surface area contributed by atoms with E-state index in [1.54, 1.807) is 19.1 Å². The topological polar surface area (TPSA) is 118 Å². The van der Waals surface area contributed by atoms with Crippen LogP contribution in [0.15, 0.2) is 72.0 Å². The maximum atomic E-state index is 14.3. The summed E-state index contributed by atoms with van der Waals surface area (Å²) in [7, 11) is 0. The van der Waals surface area contributed by atoms with E-state index in [-0.39, 0.29) is 22.9 Å². The number of alkyl halides is 3. The van der Waals surface area contributed by atoms with Gasteiger partial charge in [0.05, 0.1) is 35.1 Å². The summed E-state index contributed by atoms with van der Waals surface area (Å²) >= 11 is 0. The molecule has 0 aliphatic heterocycles. The van der Waals surface area contributed by atoms with Gasteiger partial charge in [0.1, 0.15) is 5.69 Å². The summed E-state index contributed by atoms with van der Waals surface area (Å²) in [5.74, 6) is -1.25. The number of aromatic nitrogens is 3. The highest BCUT2D eigenvalue weighted by molar-refractivity contribution is 5.93. The monoisotopic (exact) mass is 509 g/mol. The van der Waals surface area contributed by atoms with Crippen LogP contribution in [0.4, 0.5) is 34.9 Å². The molecule has 2 aromatic heterocycles. The van der Waals surface area contributed by atoms with E-state index in [9.17, 15) is 22.4 Å². The first-order valence-electron chi connectivity index (χ1n) is 10.7. The number of pyridine rings is 1. The highest BCUT2D eigenvalue weighted by atomic mass is 19.4. The van der Waals surface area contributed by atoms with Crippen molar-refractivity contribution in [1.29, 1.82) is 0 Å². The van der Waals surface area contributed by atoms with E-state index in [2.05, 4.69) is 30.8 Å². The Hall–Kier alpha value is -4.87. The number of amides is 1. The van der Waals surface area contributed by atoms with Crippen molar-refractivity contribution < 1.29 is 22.4 Å². The number of hydrogen-bond donors (Lipinski definition) is 3. The number of nitrogens with one attached hydrogen (secondary N) is 2. The van der Waals surface area contributed by atoms with Crippen molar-refractivity contribution in [1.82, 2.24) is 15.0 Å². The molecular weight excluding hydrogens is 490 g/mol. The molecule has 0 radical (unpaired) electrons. The van der Waals surface area contributed by atoms with Crippen LogP contribution in [0.25, 0.3) is 11.3 Å². The molecule has 1 amide bonds. The number of primary amides is 1. The van der Waals surface area contributed by atoms with E-state index in [4.69, 9.17) is 5.73 Å². The second-order valence-corrected chi connectivity index (χ2v) is 7.77. The summed E-state index contributed by atoms with van der Waals surface area (Å²) in [5, 5.41) is 6.94. The molecule has 4 rings (SSSR count). The third kappa shape index (κ3) is 6.23. The molecule has 2 heterocycles. The van der Waals surface area contributed by atoms with Crippen LogP contribution in [0.1, 0.15) is 27.3 Å². The highest BCUT2D eigenvalue weighted by Gasteiger charge is 2.30. The van der Waals surface area contributed by atoms with E-state index in [0.29, 0.717) is 22.6 Å². The number of halogens is 4. The molecule has 0 saturated heterocycles. The van der Waals surface area contributed by atoms with Crippen LogP contribution >= 0.6 is 0 Å². The van der Waals surface area contributed by atoms with Gasteiger partial charge >= 0.3 is 6.18 Å². The molecule has 4 aromatic rings. The lowest BCUT2D eigenvalue weighted by Gasteiger charge is -2.12. The van der Waals surface area contributed by atoms with E-state index in [1.165, 1.54) is 42.6 Å². The van der Waals surface area contributed by atoms with Gasteiger partial charge in [-0.15, -0.1) is 0 Å². The van der Waals surface area contributed by atoms with Gasteiger partial charge in [-0.2, -0.15) is 18.3 Å². The predicted octanol–water partition coefficient (Wildman–Crippen LogP) is 5.29. The van der Waals surface area contributed by atoms with Gasteiger partial charge in [-0.25, -0.2) is 24.8 Å². The third-order valence-electron chi connectivity index (χ3n) is 5.12. The second-order valence-electron chi connectivity index (χ2n) is 7.77. The highest BCUT2D eigenvalue weighted by Crippen LogP contribution is 2.31. The Balaban J connectivity index is 1.45. The summed E-state index contributed by atoms with van der Waals surface area (Å²) < 4.78 is 53.1. The van der Waals surface area contributed by atoms with Crippen molar-refractivity contribution in [3.8, 4) is 11.3 Å². The molecule has 2 aromatic carbocycles. The zero-order chi connectivity index (χ0) is 26.6. The largest absolute Gasteiger partial charge is 0.416 e. The van der Waals surface area contributed by atoms with Crippen LogP contribution in [0.2, 0.25) is 0 Å². The lowest BCUT2D eigenvalue weighted by atomic mass is 10.1. The van der Waals surface area contributed by atoms with Crippen LogP contribution in [0.5, 0.6) is 0 Å². The molecule has 0 spiro atoms. The fourth-order valence-electron chi connectivity index (χ4n) is 3.29. The minimum absolute atomic E-state index is 0.00251. The molecule has 0 unspecified atom stereocenters. The number of aryl methyl sites for hydroxylation is 1. The number of hydrogen-bond acceptors (Lipinski definition) is 7. The van der Waals surface area contributed by atoms with Crippen molar-refractivity contribution >= 4 is 29.4 Å². The van der Waals surface area contributed by atoms with Crippen LogP contribution in [-0.4, -0.2) is 27.1 Å². The second kappa shape index (κ2) is 10.4. The van der Waals surface area contributed by atoms with Crippen molar-refractivity contribution in [2.45, 2.75) is 13.1 Å². The number of carbonyl (C=O) groups excluding carboxylic acids is 1. The number of anilines is 3. The average Bonchev–Trinajstić information content (AvgIpc) is 2.86. The van der Waals surface area contributed by atoms with Gasteiger partial charge in [0, 0.05) is 16.8 Å². The molecule has 0 atom stereocenters. The quantitative estimate of drug-likeness (QED) is 0.177. The van der Waals surface area contributed by atoms with Gasteiger partial charge in [-0.3, -0.25) is 4.79 Å². The molecule has 4 N–H and O–H groups in total. The molecule has 12 heteroatoms. The fraction of sp³-hybridized carbons (Fsp3) is 0.0800. The first-order chi connectivity index (χ1) is 17.6. The van der Waals surface area contributed by atoms with Crippen LogP contribution < -0.4 is 16.5 Å². The molecular formula is C25H19F4N7O. The Morgan fingerprint density at radius 2 is 1.81 bits per heavy atom. The fourth-order valence-corrected chi connectivity index (χ4v) is 3.29. The number of nitrogens with two attached hydrogens (primary N) is 1. The average molecular weight is 509 g/mol. The summed E-state index contributed by atoms with van der Waals surface area (Å²) in [4.78, 5) is 23.5. The number of hydrazone groups is 1. The van der Waals surface area contributed by atoms with Gasteiger partial charge in [0.15, 0.2) is 5.82 Å². The van der Waals surface area contributed by atoms with E-state index >= 15 is 0 Å². The molecule has 8 nitrogen and oxygen atoms in total. The molecule has 0 aliphatic carbocycles. The minimum atomic E-state index is -4.44. The van der Waals surface area contributed by atoms with Gasteiger partial charge in [0.25, 0.3) is 0 Å². The summed E-state index contributed by atoms with van der Waals surface area (Å²) in [5.41, 5.74) is 9.53. The van der Waals surface area contributed by atoms with Crippen LogP contribution in [-0.2, 0) is 6.18 Å². The molecule has 37 heavy (non-hydrogen) atoms. The Kier molecular flexibility index (Phi) is 7.09. The summed E-state index contributed by atoms with van der Waals surface area (Å²) in [6, 6.07) is 14.1. The lowest BCUT2D eigenvalue weighted by molar-refractivity contribution is -0.137. The Morgan fingerprint density at radius 3 is 2.49 bits per heavy atom. The third-order valence-corrected chi connectivity index (χ3v) is 5.12. The van der Waals surface area contributed by atoms with E-state index in [1.807, 2.05) is 0 Å². The zero-order valence-corrected chi connectivity index (χ0v) is 19.2. The Labute approximate surface area is 208 Å². The normalized spacial score (nSPS) is 11.5. The van der Waals surface area contributed by atoms with Crippen molar-refractivity contribution in [2.24, 2.45) is 10.8 Å². The number of rotatable bonds is 7. The smallest absolute Gasteiger partial charge is 0.366 e. The minimum Gasteiger partial charge on any atom is -0.366 e. The standard InChI is InChI=1S/C25H19F4N7O/c1-14-21(34-18-4-2-3-17(11-18)25(27,28)29)10-9-19(33-14)12-32-36-24-31-13-20(26)22(35-24)15-5-7-16(8-6-15)23(30)37/h2-13,34H,1H3,(H2,30,37)(H,31,35,36)/b32-12+. The van der Waals surface area contributed by atoms with Crippen molar-refractivity contribution in [3.05, 3.63) is 95.2 Å². The molecule has 0 aliphatic rings. The maximum Gasteiger partial charge on any atom is 0.416 e. The lowest BCUT2D eigenvalue weighted by Crippen LogP contribution is -2.10. The van der Waals surface area contributed by atoms with Gasteiger partial charge in [-0.1, -0.05) is 18.2 Å². The maximum absolute atomic E-state index is 14.3. The van der Waals surface area contributed by atoms with Crippen molar-refractivity contribution in [3.63, 3.8) is 0 Å². The van der Waals surface area contributed by atoms with E-state index in [0.717, 1.165) is 18.3 Å². The predicted molar refractivity (Wildman–Crippen MR) is 131 cm³/mol.